The molecule has 0 aliphatic rings. The van der Waals surface area contributed by atoms with Gasteiger partial charge in [0.25, 0.3) is 5.91 Å². The normalized spacial score (nSPS) is 11.2. The third-order valence-corrected chi connectivity index (χ3v) is 3.17. The summed E-state index contributed by atoms with van der Waals surface area (Å²) >= 11 is 0. The molecule has 0 fully saturated rings. The Hall–Kier alpha value is -2.82. The van der Waals surface area contributed by atoms with Crippen molar-refractivity contribution in [2.24, 2.45) is 12.1 Å². The van der Waals surface area contributed by atoms with Gasteiger partial charge in [-0.3, -0.25) is 4.79 Å². The Kier molecular flexibility index (Phi) is 3.09. The van der Waals surface area contributed by atoms with Crippen LogP contribution in [0.5, 0.6) is 0 Å². The second-order valence-corrected chi connectivity index (χ2v) is 4.49. The molecule has 2 N–H and O–H groups in total. The van der Waals surface area contributed by atoms with Crippen LogP contribution < -0.4 is 5.43 Å². The van der Waals surface area contributed by atoms with E-state index in [9.17, 15) is 4.79 Å². The Morgan fingerprint density at radius 1 is 1.30 bits per heavy atom. The molecule has 0 aliphatic heterocycles. The highest BCUT2D eigenvalue weighted by Gasteiger charge is 2.07. The highest BCUT2D eigenvalue weighted by atomic mass is 16.2. The van der Waals surface area contributed by atoms with Crippen molar-refractivity contribution < 1.29 is 4.79 Å². The summed E-state index contributed by atoms with van der Waals surface area (Å²) in [6, 6.07) is 11.5. The van der Waals surface area contributed by atoms with Crippen LogP contribution in [0.1, 0.15) is 16.1 Å². The molecular formula is C15H14N4O. The van der Waals surface area contributed by atoms with Crippen molar-refractivity contribution >= 4 is 23.0 Å². The number of nitrogens with zero attached hydrogens (tertiary/aromatic N) is 2. The highest BCUT2D eigenvalue weighted by molar-refractivity contribution is 6.00. The number of hydrazone groups is 1. The molecule has 1 aromatic carbocycles. The number of carbonyl (C=O) groups excluding carboxylic acids is 1. The standard InChI is InChI=1S/C15H14N4O/c1-19-8-4-7-14(19)15(20)18-17-10-11-9-16-13-6-3-2-5-12(11)13/h2-10,16H,1H3,(H,18,20)/b17-10+. The lowest BCUT2D eigenvalue weighted by Gasteiger charge is -2.00. The van der Waals surface area contributed by atoms with Crippen LogP contribution in [0, 0.1) is 0 Å². The fourth-order valence-corrected chi connectivity index (χ4v) is 2.12. The van der Waals surface area contributed by atoms with Gasteiger partial charge in [-0.1, -0.05) is 18.2 Å². The summed E-state index contributed by atoms with van der Waals surface area (Å²) in [5, 5.41) is 5.08. The third kappa shape index (κ3) is 2.21. The quantitative estimate of drug-likeness (QED) is 0.554. The molecule has 1 amide bonds. The average molecular weight is 266 g/mol. The Morgan fingerprint density at radius 3 is 2.95 bits per heavy atom. The minimum atomic E-state index is -0.228. The molecule has 3 aromatic rings. The molecule has 0 atom stereocenters. The molecule has 0 radical (unpaired) electrons. The van der Waals surface area contributed by atoms with E-state index in [2.05, 4.69) is 15.5 Å². The summed E-state index contributed by atoms with van der Waals surface area (Å²) in [6.07, 6.45) is 5.32. The third-order valence-electron chi connectivity index (χ3n) is 3.17. The lowest BCUT2D eigenvalue weighted by atomic mass is 10.2. The van der Waals surface area contributed by atoms with E-state index in [1.807, 2.05) is 49.8 Å². The van der Waals surface area contributed by atoms with Crippen LogP contribution in [0.3, 0.4) is 0 Å². The number of para-hydroxylation sites is 1. The van der Waals surface area contributed by atoms with Crippen molar-refractivity contribution in [2.45, 2.75) is 0 Å². The molecule has 100 valence electrons. The van der Waals surface area contributed by atoms with Crippen molar-refractivity contribution in [1.82, 2.24) is 15.0 Å². The van der Waals surface area contributed by atoms with E-state index < -0.39 is 0 Å². The Balaban J connectivity index is 1.75. The molecule has 2 heterocycles. The van der Waals surface area contributed by atoms with Crippen molar-refractivity contribution in [3.05, 3.63) is 60.0 Å². The number of hydrogen-bond donors (Lipinski definition) is 2. The number of aromatic amines is 1. The fraction of sp³-hybridized carbons (Fsp3) is 0.0667. The van der Waals surface area contributed by atoms with Crippen molar-refractivity contribution in [1.29, 1.82) is 0 Å². The van der Waals surface area contributed by atoms with Gasteiger partial charge in [0.05, 0.1) is 6.21 Å². The van der Waals surface area contributed by atoms with Crippen LogP contribution >= 0.6 is 0 Å². The lowest BCUT2D eigenvalue weighted by molar-refractivity contribution is 0.0947. The molecule has 0 bridgehead atoms. The van der Waals surface area contributed by atoms with E-state index in [-0.39, 0.29) is 5.91 Å². The van der Waals surface area contributed by atoms with Crippen LogP contribution in [0.4, 0.5) is 0 Å². The van der Waals surface area contributed by atoms with Gasteiger partial charge < -0.3 is 9.55 Å². The SMILES string of the molecule is Cn1cccc1C(=O)N/N=C/c1c[nH]c2ccccc12. The first-order valence-electron chi connectivity index (χ1n) is 6.26. The number of nitrogens with one attached hydrogen (secondary N) is 2. The molecule has 5 heteroatoms. The largest absolute Gasteiger partial charge is 0.361 e. The zero-order valence-corrected chi connectivity index (χ0v) is 11.0. The van der Waals surface area contributed by atoms with Gasteiger partial charge in [-0.05, 0) is 18.2 Å². The van der Waals surface area contributed by atoms with Gasteiger partial charge in [-0.25, -0.2) is 5.43 Å². The monoisotopic (exact) mass is 266 g/mol. The van der Waals surface area contributed by atoms with Gasteiger partial charge in [0, 0.05) is 35.9 Å². The number of fused-ring (bicyclic) bond motifs is 1. The molecule has 0 saturated carbocycles. The smallest absolute Gasteiger partial charge is 0.287 e. The number of H-pyrrole nitrogens is 1. The number of hydrogen-bond acceptors (Lipinski definition) is 2. The maximum absolute atomic E-state index is 11.9. The summed E-state index contributed by atoms with van der Waals surface area (Å²) in [5.41, 5.74) is 5.08. The van der Waals surface area contributed by atoms with Gasteiger partial charge in [0.1, 0.15) is 5.69 Å². The van der Waals surface area contributed by atoms with E-state index in [1.54, 1.807) is 16.8 Å². The topological polar surface area (TPSA) is 62.2 Å². The first-order valence-corrected chi connectivity index (χ1v) is 6.26. The van der Waals surface area contributed by atoms with Crippen LogP contribution in [-0.4, -0.2) is 21.7 Å². The van der Waals surface area contributed by atoms with Gasteiger partial charge in [0.2, 0.25) is 0 Å². The summed E-state index contributed by atoms with van der Waals surface area (Å²) < 4.78 is 1.75. The predicted octanol–water partition coefficient (Wildman–Crippen LogP) is 2.27. The number of amides is 1. The minimum absolute atomic E-state index is 0.228. The minimum Gasteiger partial charge on any atom is -0.361 e. The van der Waals surface area contributed by atoms with Gasteiger partial charge >= 0.3 is 0 Å². The number of aryl methyl sites for hydroxylation is 1. The maximum Gasteiger partial charge on any atom is 0.287 e. The Morgan fingerprint density at radius 2 is 2.15 bits per heavy atom. The molecule has 0 aliphatic carbocycles. The van der Waals surface area contributed by atoms with E-state index >= 15 is 0 Å². The zero-order chi connectivity index (χ0) is 13.9. The summed E-state index contributed by atoms with van der Waals surface area (Å²) in [7, 11) is 1.82. The molecule has 5 nitrogen and oxygen atoms in total. The Bertz CT molecular complexity index is 782. The van der Waals surface area contributed by atoms with Gasteiger partial charge in [-0.2, -0.15) is 5.10 Å². The summed E-state index contributed by atoms with van der Waals surface area (Å²) in [5.74, 6) is -0.228. The summed E-state index contributed by atoms with van der Waals surface area (Å²) in [6.45, 7) is 0. The maximum atomic E-state index is 11.9. The highest BCUT2D eigenvalue weighted by Crippen LogP contribution is 2.15. The fourth-order valence-electron chi connectivity index (χ4n) is 2.12. The number of carbonyl (C=O) groups is 1. The lowest BCUT2D eigenvalue weighted by Crippen LogP contribution is -2.20. The molecule has 20 heavy (non-hydrogen) atoms. The Labute approximate surface area is 115 Å². The van der Waals surface area contributed by atoms with E-state index in [0.29, 0.717) is 5.69 Å². The van der Waals surface area contributed by atoms with Crippen LogP contribution in [0.2, 0.25) is 0 Å². The van der Waals surface area contributed by atoms with Gasteiger partial charge in [-0.15, -0.1) is 0 Å². The second-order valence-electron chi connectivity index (χ2n) is 4.49. The molecule has 0 spiro atoms. The predicted molar refractivity (Wildman–Crippen MR) is 78.8 cm³/mol. The molecule has 0 unspecified atom stereocenters. The van der Waals surface area contributed by atoms with Crippen LogP contribution in [0.15, 0.2) is 53.9 Å². The van der Waals surface area contributed by atoms with Crippen LogP contribution in [0.25, 0.3) is 10.9 Å². The van der Waals surface area contributed by atoms with Crippen molar-refractivity contribution in [3.8, 4) is 0 Å². The zero-order valence-electron chi connectivity index (χ0n) is 11.0. The first-order chi connectivity index (χ1) is 9.75. The second kappa shape index (κ2) is 5.05. The molecular weight excluding hydrogens is 252 g/mol. The molecule has 3 rings (SSSR count). The van der Waals surface area contributed by atoms with E-state index in [0.717, 1.165) is 16.5 Å². The van der Waals surface area contributed by atoms with E-state index in [4.69, 9.17) is 0 Å². The van der Waals surface area contributed by atoms with E-state index in [1.165, 1.54) is 0 Å². The molecule has 0 saturated heterocycles. The van der Waals surface area contributed by atoms with Crippen LogP contribution in [-0.2, 0) is 7.05 Å². The van der Waals surface area contributed by atoms with Gasteiger partial charge in [0.15, 0.2) is 0 Å². The molecule has 2 aromatic heterocycles. The number of aromatic nitrogens is 2. The average Bonchev–Trinajstić information content (AvgIpc) is 3.05. The first kappa shape index (κ1) is 12.2. The summed E-state index contributed by atoms with van der Waals surface area (Å²) in [4.78, 5) is 15.0. The number of rotatable bonds is 3. The van der Waals surface area contributed by atoms with Crippen molar-refractivity contribution in [3.63, 3.8) is 0 Å². The van der Waals surface area contributed by atoms with Crippen molar-refractivity contribution in [2.75, 3.05) is 0 Å². The number of benzene rings is 1.